The molecule has 0 bridgehead atoms. The average molecular weight is 112 g/mol. The summed E-state index contributed by atoms with van der Waals surface area (Å²) in [5, 5.41) is 0. The van der Waals surface area contributed by atoms with Crippen molar-refractivity contribution in [1.29, 1.82) is 0 Å². The second kappa shape index (κ2) is 2.71. The van der Waals surface area contributed by atoms with Crippen LogP contribution in [0.2, 0.25) is 0 Å². The SMILES string of the molecule is C#[N+]C(C)(CC)CC. The lowest BCUT2D eigenvalue weighted by molar-refractivity contribution is 0.517. The molecule has 0 aliphatic rings. The van der Waals surface area contributed by atoms with E-state index in [4.69, 9.17) is 6.57 Å². The normalized spacial score (nSPS) is 10.8. The zero-order valence-corrected chi connectivity index (χ0v) is 5.94. The van der Waals surface area contributed by atoms with Crippen LogP contribution in [0.3, 0.4) is 0 Å². The third-order valence-corrected chi connectivity index (χ3v) is 1.84. The summed E-state index contributed by atoms with van der Waals surface area (Å²) in [5.41, 5.74) is 0.0278. The van der Waals surface area contributed by atoms with Crippen molar-refractivity contribution in [3.63, 3.8) is 0 Å². The van der Waals surface area contributed by atoms with Crippen LogP contribution in [0.15, 0.2) is 0 Å². The molecule has 8 heavy (non-hydrogen) atoms. The molecule has 0 aromatic carbocycles. The van der Waals surface area contributed by atoms with E-state index in [-0.39, 0.29) is 5.54 Å². The molecule has 46 valence electrons. The fraction of sp³-hybridized carbons (Fsp3) is 0.857. The van der Waals surface area contributed by atoms with Gasteiger partial charge in [-0.1, -0.05) is 18.7 Å². The van der Waals surface area contributed by atoms with Crippen molar-refractivity contribution in [1.82, 2.24) is 0 Å². The number of nitrogens with zero attached hydrogens (tertiary/aromatic N) is 1. The van der Waals surface area contributed by atoms with Gasteiger partial charge in [-0.05, 0) is 0 Å². The zero-order valence-electron chi connectivity index (χ0n) is 5.94. The van der Waals surface area contributed by atoms with Gasteiger partial charge >= 0.3 is 0 Å². The Morgan fingerprint density at radius 2 is 1.75 bits per heavy atom. The summed E-state index contributed by atoms with van der Waals surface area (Å²) < 4.78 is 0. The molecule has 0 amide bonds. The van der Waals surface area contributed by atoms with E-state index < -0.39 is 0 Å². The number of rotatable bonds is 2. The Hall–Kier alpha value is -0.510. The minimum absolute atomic E-state index is 0.0278. The molecule has 0 rings (SSSR count). The highest BCUT2D eigenvalue weighted by Gasteiger charge is 2.28. The van der Waals surface area contributed by atoms with E-state index in [0.717, 1.165) is 12.8 Å². The first-order valence-electron chi connectivity index (χ1n) is 3.10. The summed E-state index contributed by atoms with van der Waals surface area (Å²) >= 11 is 0. The third kappa shape index (κ3) is 1.54. The smallest absolute Gasteiger partial charge is 0.0807 e. The van der Waals surface area contributed by atoms with Gasteiger partial charge in [-0.3, -0.25) is 0 Å². The maximum absolute atomic E-state index is 5.15. The molecule has 0 saturated heterocycles. The van der Waals surface area contributed by atoms with Gasteiger partial charge in [-0.25, -0.2) is 0 Å². The predicted octanol–water partition coefficient (Wildman–Crippen LogP) is 2.53. The van der Waals surface area contributed by atoms with Gasteiger partial charge in [0.15, 0.2) is 0 Å². The summed E-state index contributed by atoms with van der Waals surface area (Å²) in [4.78, 5) is 3.76. The zero-order chi connectivity index (χ0) is 6.62. The molecule has 0 atom stereocenters. The van der Waals surface area contributed by atoms with E-state index in [0.29, 0.717) is 0 Å². The molecule has 0 spiro atoms. The second-order valence-corrected chi connectivity index (χ2v) is 2.33. The molecule has 0 radical (unpaired) electrons. The van der Waals surface area contributed by atoms with Crippen molar-refractivity contribution in [3.05, 3.63) is 4.85 Å². The standard InChI is InChI=1S/C7H14N/c1-5-7(3,6-2)8-4/h4H,5-6H2,1-3H3/q+1. The van der Waals surface area contributed by atoms with Crippen molar-refractivity contribution in [2.24, 2.45) is 0 Å². The second-order valence-electron chi connectivity index (χ2n) is 2.33. The molecule has 0 N–H and O–H groups in total. The van der Waals surface area contributed by atoms with Crippen molar-refractivity contribution in [2.75, 3.05) is 0 Å². The summed E-state index contributed by atoms with van der Waals surface area (Å²) in [6, 6.07) is 0. The van der Waals surface area contributed by atoms with Crippen LogP contribution in [0.4, 0.5) is 0 Å². The Bertz CT molecular complexity index is 95.4. The van der Waals surface area contributed by atoms with Gasteiger partial charge < -0.3 is 0 Å². The highest BCUT2D eigenvalue weighted by atomic mass is 14.8. The average Bonchev–Trinajstić information content (AvgIpc) is 1.87. The molecule has 0 aromatic heterocycles. The first-order chi connectivity index (χ1) is 3.68. The van der Waals surface area contributed by atoms with Crippen molar-refractivity contribution >= 4 is 0 Å². The molecule has 0 unspecified atom stereocenters. The lowest BCUT2D eigenvalue weighted by Crippen LogP contribution is -2.15. The molecule has 1 nitrogen and oxygen atoms in total. The Morgan fingerprint density at radius 1 is 1.38 bits per heavy atom. The largest absolute Gasteiger partial charge is 0.277 e. The van der Waals surface area contributed by atoms with Gasteiger partial charge in [0.1, 0.15) is 0 Å². The summed E-state index contributed by atoms with van der Waals surface area (Å²) in [6.07, 6.45) is 2.06. The van der Waals surface area contributed by atoms with Crippen LogP contribution < -0.4 is 0 Å². The highest BCUT2D eigenvalue weighted by molar-refractivity contribution is 4.94. The van der Waals surface area contributed by atoms with E-state index in [1.165, 1.54) is 0 Å². The van der Waals surface area contributed by atoms with Crippen LogP contribution >= 0.6 is 0 Å². The highest BCUT2D eigenvalue weighted by Crippen LogP contribution is 2.17. The van der Waals surface area contributed by atoms with E-state index >= 15 is 0 Å². The number of hydrogen-bond acceptors (Lipinski definition) is 0. The minimum atomic E-state index is 0.0278. The van der Waals surface area contributed by atoms with Crippen LogP contribution in [0.1, 0.15) is 33.6 Å². The van der Waals surface area contributed by atoms with Gasteiger partial charge in [0.25, 0.3) is 12.1 Å². The van der Waals surface area contributed by atoms with Crippen LogP contribution in [-0.4, -0.2) is 5.54 Å². The van der Waals surface area contributed by atoms with Gasteiger partial charge in [-0.2, -0.15) is 0 Å². The molecule has 1 heteroatoms. The molecule has 0 fully saturated rings. The molecule has 0 aliphatic heterocycles. The Kier molecular flexibility index (Phi) is 2.54. The predicted molar refractivity (Wildman–Crippen MR) is 37.3 cm³/mol. The fourth-order valence-corrected chi connectivity index (χ4v) is 0.433. The molecule has 0 saturated carbocycles. The first-order valence-corrected chi connectivity index (χ1v) is 3.10. The lowest BCUT2D eigenvalue weighted by Gasteiger charge is -2.04. The van der Waals surface area contributed by atoms with E-state index in [2.05, 4.69) is 25.6 Å². The molecular formula is C7H14N+. The number of hydrogen-bond donors (Lipinski definition) is 0. The van der Waals surface area contributed by atoms with Crippen LogP contribution in [0, 0.1) is 6.57 Å². The summed E-state index contributed by atoms with van der Waals surface area (Å²) in [5.74, 6) is 0. The van der Waals surface area contributed by atoms with E-state index in [1.54, 1.807) is 0 Å². The fourth-order valence-electron chi connectivity index (χ4n) is 0.433. The van der Waals surface area contributed by atoms with E-state index in [1.807, 2.05) is 0 Å². The van der Waals surface area contributed by atoms with Gasteiger partial charge in [0.2, 0.25) is 0 Å². The Balaban J connectivity index is 3.83. The summed E-state index contributed by atoms with van der Waals surface area (Å²) in [6.45, 7) is 11.4. The lowest BCUT2D eigenvalue weighted by atomic mass is 9.97. The van der Waals surface area contributed by atoms with Crippen LogP contribution in [-0.2, 0) is 0 Å². The van der Waals surface area contributed by atoms with E-state index in [9.17, 15) is 0 Å². The first kappa shape index (κ1) is 7.49. The van der Waals surface area contributed by atoms with Crippen molar-refractivity contribution < 1.29 is 0 Å². The Morgan fingerprint density at radius 3 is 1.75 bits per heavy atom. The molecular weight excluding hydrogens is 98.1 g/mol. The minimum Gasteiger partial charge on any atom is -0.0807 e. The van der Waals surface area contributed by atoms with Crippen molar-refractivity contribution in [2.45, 2.75) is 39.2 Å². The maximum atomic E-state index is 5.15. The monoisotopic (exact) mass is 112 g/mol. The van der Waals surface area contributed by atoms with Crippen LogP contribution in [0.5, 0.6) is 0 Å². The molecule has 0 aliphatic carbocycles. The van der Waals surface area contributed by atoms with Gasteiger partial charge in [0, 0.05) is 19.8 Å². The van der Waals surface area contributed by atoms with Gasteiger partial charge in [0.05, 0.1) is 0 Å². The molecule has 0 aromatic rings. The Labute approximate surface area is 51.5 Å². The summed E-state index contributed by atoms with van der Waals surface area (Å²) in [7, 11) is 0. The van der Waals surface area contributed by atoms with Gasteiger partial charge in [-0.15, -0.1) is 0 Å². The van der Waals surface area contributed by atoms with Crippen LogP contribution in [0.25, 0.3) is 4.85 Å². The third-order valence-electron chi connectivity index (χ3n) is 1.84. The topological polar surface area (TPSA) is 4.36 Å². The molecule has 0 heterocycles. The maximum Gasteiger partial charge on any atom is 0.277 e. The quantitative estimate of drug-likeness (QED) is 0.517. The van der Waals surface area contributed by atoms with Crippen molar-refractivity contribution in [3.8, 4) is 6.57 Å².